The number of nitrogens with two attached hydrogens (primary N) is 1. The van der Waals surface area contributed by atoms with Gasteiger partial charge in [-0.05, 0) is 45.8 Å². The molecular weight excluding hydrogens is 374 g/mol. The third-order valence-corrected chi connectivity index (χ3v) is 3.89. The zero-order valence-corrected chi connectivity index (χ0v) is 14.4. The fourth-order valence-electron chi connectivity index (χ4n) is 1.74. The van der Waals surface area contributed by atoms with E-state index in [1.54, 1.807) is 13.2 Å². The average molecular weight is 387 g/mol. The second-order valence-electron chi connectivity index (χ2n) is 4.27. The lowest BCUT2D eigenvalue weighted by atomic mass is 10.2. The van der Waals surface area contributed by atoms with Crippen molar-refractivity contribution in [3.8, 4) is 11.5 Å². The fourth-order valence-corrected chi connectivity index (χ4v) is 2.54. The van der Waals surface area contributed by atoms with Crippen LogP contribution in [-0.4, -0.2) is 12.1 Å². The van der Waals surface area contributed by atoms with Gasteiger partial charge in [-0.25, -0.2) is 0 Å². The van der Waals surface area contributed by atoms with Gasteiger partial charge in [-0.3, -0.25) is 0 Å². The van der Waals surface area contributed by atoms with Crippen LogP contribution in [0.5, 0.6) is 11.5 Å². The van der Waals surface area contributed by atoms with Crippen LogP contribution in [0.1, 0.15) is 11.1 Å². The highest BCUT2D eigenvalue weighted by Crippen LogP contribution is 2.37. The zero-order valence-electron chi connectivity index (χ0n) is 11.2. The van der Waals surface area contributed by atoms with Crippen molar-refractivity contribution in [2.45, 2.75) is 6.61 Å². The number of hydrogen-bond donors (Lipinski definition) is 1. The van der Waals surface area contributed by atoms with Crippen molar-refractivity contribution in [3.05, 3.63) is 57.0 Å². The molecule has 0 aliphatic heterocycles. The molecule has 0 heterocycles. The lowest BCUT2D eigenvalue weighted by molar-refractivity contribution is 0.282. The first-order valence-corrected chi connectivity index (χ1v) is 7.63. The highest BCUT2D eigenvalue weighted by Gasteiger charge is 2.13. The molecule has 0 saturated heterocycles. The normalized spacial score (nSPS) is 10.2. The maximum Gasteiger partial charge on any atom is 0.175 e. The van der Waals surface area contributed by atoms with Gasteiger partial charge in [-0.15, -0.1) is 0 Å². The quantitative estimate of drug-likeness (QED) is 0.777. The molecule has 2 aromatic carbocycles. The van der Waals surface area contributed by atoms with Crippen molar-refractivity contribution < 1.29 is 9.47 Å². The summed E-state index contributed by atoms with van der Waals surface area (Å²) in [6.45, 7) is 0.401. The van der Waals surface area contributed by atoms with Crippen LogP contribution in [0, 0.1) is 0 Å². The molecule has 0 aliphatic carbocycles. The van der Waals surface area contributed by atoms with Gasteiger partial charge in [-0.2, -0.15) is 0 Å². The summed E-state index contributed by atoms with van der Waals surface area (Å²) in [4.78, 5) is 0.304. The van der Waals surface area contributed by atoms with Gasteiger partial charge in [0.25, 0.3) is 0 Å². The van der Waals surface area contributed by atoms with Gasteiger partial charge in [0.2, 0.25) is 0 Å². The Labute approximate surface area is 142 Å². The standard InChI is InChI=1S/C15H13BrClNO2S/c1-19-13-7-10(15(18)21)6-12(16)14(13)20-8-9-2-4-11(17)5-3-9/h2-7H,8H2,1H3,(H2,18,21). The van der Waals surface area contributed by atoms with Gasteiger partial charge in [0.1, 0.15) is 11.6 Å². The van der Waals surface area contributed by atoms with Gasteiger partial charge in [0.05, 0.1) is 11.6 Å². The number of benzene rings is 2. The number of halogens is 2. The smallest absolute Gasteiger partial charge is 0.175 e. The van der Waals surface area contributed by atoms with Crippen molar-refractivity contribution in [2.24, 2.45) is 5.73 Å². The molecule has 21 heavy (non-hydrogen) atoms. The molecule has 0 spiro atoms. The first kappa shape index (κ1) is 16.1. The fraction of sp³-hybridized carbons (Fsp3) is 0.133. The van der Waals surface area contributed by atoms with Gasteiger partial charge in [0, 0.05) is 10.6 Å². The van der Waals surface area contributed by atoms with Crippen LogP contribution in [0.15, 0.2) is 40.9 Å². The van der Waals surface area contributed by atoms with Crippen molar-refractivity contribution in [1.29, 1.82) is 0 Å². The maximum absolute atomic E-state index is 5.86. The summed E-state index contributed by atoms with van der Waals surface area (Å²) in [5.41, 5.74) is 7.36. The van der Waals surface area contributed by atoms with Crippen LogP contribution in [0.2, 0.25) is 5.02 Å². The molecule has 110 valence electrons. The Hall–Kier alpha value is -1.30. The van der Waals surface area contributed by atoms with E-state index in [4.69, 9.17) is 39.0 Å². The molecule has 0 amide bonds. The van der Waals surface area contributed by atoms with Gasteiger partial charge in [0.15, 0.2) is 11.5 Å². The third kappa shape index (κ3) is 4.09. The number of ether oxygens (including phenoxy) is 2. The second kappa shape index (κ2) is 7.11. The first-order chi connectivity index (χ1) is 10.0. The van der Waals surface area contributed by atoms with Crippen LogP contribution in [0.3, 0.4) is 0 Å². The summed E-state index contributed by atoms with van der Waals surface area (Å²) in [5, 5.41) is 0.693. The molecule has 0 fully saturated rings. The Morgan fingerprint density at radius 1 is 1.29 bits per heavy atom. The van der Waals surface area contributed by atoms with Gasteiger partial charge >= 0.3 is 0 Å². The SMILES string of the molecule is COc1cc(C(N)=S)cc(Br)c1OCc1ccc(Cl)cc1. The van der Waals surface area contributed by atoms with Gasteiger partial charge in [-0.1, -0.05) is 36.0 Å². The summed E-state index contributed by atoms with van der Waals surface area (Å²) in [6.07, 6.45) is 0. The van der Waals surface area contributed by atoms with E-state index >= 15 is 0 Å². The third-order valence-electron chi connectivity index (χ3n) is 2.81. The van der Waals surface area contributed by atoms with Crippen LogP contribution < -0.4 is 15.2 Å². The van der Waals surface area contributed by atoms with E-state index in [2.05, 4.69) is 15.9 Å². The Morgan fingerprint density at radius 3 is 2.52 bits per heavy atom. The molecule has 2 aromatic rings. The van der Waals surface area contributed by atoms with Crippen molar-refractivity contribution >= 4 is 44.7 Å². The summed E-state index contributed by atoms with van der Waals surface area (Å²) in [5.74, 6) is 1.17. The molecule has 3 nitrogen and oxygen atoms in total. The minimum absolute atomic E-state index is 0.304. The number of methoxy groups -OCH3 is 1. The van der Waals surface area contributed by atoms with E-state index in [-0.39, 0.29) is 0 Å². The van der Waals surface area contributed by atoms with E-state index in [0.29, 0.717) is 33.7 Å². The molecule has 0 aliphatic rings. The molecular formula is C15H13BrClNO2S. The molecule has 6 heteroatoms. The van der Waals surface area contributed by atoms with Crippen LogP contribution in [0.4, 0.5) is 0 Å². The monoisotopic (exact) mass is 385 g/mol. The molecule has 0 unspecified atom stereocenters. The Morgan fingerprint density at radius 2 is 1.95 bits per heavy atom. The topological polar surface area (TPSA) is 44.5 Å². The predicted molar refractivity (Wildman–Crippen MR) is 92.4 cm³/mol. The molecule has 0 saturated carbocycles. The van der Waals surface area contributed by atoms with Crippen molar-refractivity contribution in [1.82, 2.24) is 0 Å². The Balaban J connectivity index is 2.23. The molecule has 0 aromatic heterocycles. The van der Waals surface area contributed by atoms with Crippen LogP contribution in [0.25, 0.3) is 0 Å². The molecule has 0 radical (unpaired) electrons. The number of hydrogen-bond acceptors (Lipinski definition) is 3. The van der Waals surface area contributed by atoms with E-state index in [0.717, 1.165) is 10.0 Å². The summed E-state index contributed by atoms with van der Waals surface area (Å²) in [6, 6.07) is 11.0. The van der Waals surface area contributed by atoms with E-state index < -0.39 is 0 Å². The Bertz CT molecular complexity index is 661. The zero-order chi connectivity index (χ0) is 15.4. The van der Waals surface area contributed by atoms with E-state index in [9.17, 15) is 0 Å². The summed E-state index contributed by atoms with van der Waals surface area (Å²) < 4.78 is 11.9. The van der Waals surface area contributed by atoms with Gasteiger partial charge < -0.3 is 15.2 Å². The molecule has 0 atom stereocenters. The lowest BCUT2D eigenvalue weighted by Crippen LogP contribution is -2.10. The minimum atomic E-state index is 0.304. The van der Waals surface area contributed by atoms with E-state index in [1.165, 1.54) is 0 Å². The van der Waals surface area contributed by atoms with Crippen LogP contribution in [-0.2, 0) is 6.61 Å². The van der Waals surface area contributed by atoms with Crippen LogP contribution >= 0.6 is 39.7 Å². The van der Waals surface area contributed by atoms with Crippen molar-refractivity contribution in [2.75, 3.05) is 7.11 Å². The maximum atomic E-state index is 5.86. The highest BCUT2D eigenvalue weighted by atomic mass is 79.9. The summed E-state index contributed by atoms with van der Waals surface area (Å²) >= 11 is 14.3. The summed E-state index contributed by atoms with van der Waals surface area (Å²) in [7, 11) is 1.57. The molecule has 2 N–H and O–H groups in total. The first-order valence-electron chi connectivity index (χ1n) is 6.06. The molecule has 0 bridgehead atoms. The minimum Gasteiger partial charge on any atom is -0.493 e. The Kier molecular flexibility index (Phi) is 5.45. The largest absolute Gasteiger partial charge is 0.493 e. The van der Waals surface area contributed by atoms with E-state index in [1.807, 2.05) is 30.3 Å². The van der Waals surface area contributed by atoms with Crippen molar-refractivity contribution in [3.63, 3.8) is 0 Å². The number of rotatable bonds is 5. The predicted octanol–water partition coefficient (Wildman–Crippen LogP) is 4.32. The number of thiocarbonyl (C=S) groups is 1. The molecule has 2 rings (SSSR count). The second-order valence-corrected chi connectivity index (χ2v) is 6.00. The average Bonchev–Trinajstić information content (AvgIpc) is 2.46. The highest BCUT2D eigenvalue weighted by molar-refractivity contribution is 9.10. The lowest BCUT2D eigenvalue weighted by Gasteiger charge is -2.14.